The molecular formula is C27H31N5O5S. The van der Waals surface area contributed by atoms with Crippen molar-refractivity contribution in [1.82, 2.24) is 24.9 Å². The smallest absolute Gasteiger partial charge is 0.260 e. The number of nitrogens with one attached hydrogen (secondary N) is 2. The van der Waals surface area contributed by atoms with Crippen LogP contribution in [0.15, 0.2) is 66.1 Å². The molecule has 2 amide bonds. The molecule has 10 nitrogen and oxygen atoms in total. The van der Waals surface area contributed by atoms with Gasteiger partial charge >= 0.3 is 0 Å². The first-order valence-electron chi connectivity index (χ1n) is 12.5. The molecule has 1 fully saturated rings. The van der Waals surface area contributed by atoms with Gasteiger partial charge in [0.25, 0.3) is 15.9 Å². The topological polar surface area (TPSA) is 138 Å². The lowest BCUT2D eigenvalue weighted by molar-refractivity contribution is -0.129. The van der Waals surface area contributed by atoms with E-state index in [9.17, 15) is 22.8 Å². The first-order chi connectivity index (χ1) is 18.1. The molecule has 1 saturated heterocycles. The van der Waals surface area contributed by atoms with Gasteiger partial charge in [-0.3, -0.25) is 19.4 Å². The third kappa shape index (κ3) is 6.40. The van der Waals surface area contributed by atoms with Crippen molar-refractivity contribution in [2.24, 2.45) is 5.92 Å². The lowest BCUT2D eigenvalue weighted by Crippen LogP contribution is -2.52. The predicted molar refractivity (Wildman–Crippen MR) is 142 cm³/mol. The Hall–Kier alpha value is -3.70. The minimum atomic E-state index is -3.86. The minimum absolute atomic E-state index is 0.00769. The summed E-state index contributed by atoms with van der Waals surface area (Å²) in [5, 5.41) is 7.24. The molecule has 2 aromatic heterocycles. The molecule has 0 bridgehead atoms. The van der Waals surface area contributed by atoms with Crippen LogP contribution in [-0.2, 0) is 19.6 Å². The van der Waals surface area contributed by atoms with Crippen LogP contribution in [0.3, 0.4) is 0 Å². The Balaban J connectivity index is 1.44. The maximum Gasteiger partial charge on any atom is 0.260 e. The van der Waals surface area contributed by atoms with Gasteiger partial charge in [0.05, 0.1) is 6.04 Å². The van der Waals surface area contributed by atoms with Crippen LogP contribution in [0.5, 0.6) is 0 Å². The Morgan fingerprint density at radius 1 is 1.08 bits per heavy atom. The van der Waals surface area contributed by atoms with Gasteiger partial charge in [0, 0.05) is 49.1 Å². The summed E-state index contributed by atoms with van der Waals surface area (Å²) >= 11 is 0. The summed E-state index contributed by atoms with van der Waals surface area (Å²) in [5.74, 6) is -1.03. The van der Waals surface area contributed by atoms with E-state index >= 15 is 0 Å². The highest BCUT2D eigenvalue weighted by atomic mass is 32.2. The van der Waals surface area contributed by atoms with Crippen LogP contribution >= 0.6 is 0 Å². The van der Waals surface area contributed by atoms with Crippen molar-refractivity contribution < 1.29 is 22.8 Å². The first kappa shape index (κ1) is 27.3. The second-order valence-corrected chi connectivity index (χ2v) is 11.6. The first-order valence-corrected chi connectivity index (χ1v) is 14.0. The van der Waals surface area contributed by atoms with Crippen molar-refractivity contribution >= 4 is 38.4 Å². The van der Waals surface area contributed by atoms with Gasteiger partial charge in [-0.05, 0) is 54.5 Å². The summed E-state index contributed by atoms with van der Waals surface area (Å²) in [7, 11) is -3.86. The highest BCUT2D eigenvalue weighted by Gasteiger charge is 2.34. The lowest BCUT2D eigenvalue weighted by Gasteiger charge is -2.23. The largest absolute Gasteiger partial charge is 0.344 e. The maximum absolute atomic E-state index is 13.3. The second kappa shape index (κ2) is 11.8. The number of sulfonamides is 1. The predicted octanol–water partition coefficient (Wildman–Crippen LogP) is 2.31. The zero-order valence-electron chi connectivity index (χ0n) is 21.3. The molecule has 3 aromatic rings. The third-order valence-electron chi connectivity index (χ3n) is 6.45. The van der Waals surface area contributed by atoms with E-state index in [0.717, 1.165) is 10.8 Å². The summed E-state index contributed by atoms with van der Waals surface area (Å²) in [6, 6.07) is 9.92. The van der Waals surface area contributed by atoms with Gasteiger partial charge in [0.15, 0.2) is 10.8 Å². The van der Waals surface area contributed by atoms with Crippen LogP contribution in [0, 0.1) is 5.92 Å². The summed E-state index contributed by atoms with van der Waals surface area (Å²) in [4.78, 5) is 47.1. The molecule has 38 heavy (non-hydrogen) atoms. The highest BCUT2D eigenvalue weighted by molar-refractivity contribution is 7.89. The fraction of sp³-hybridized carbons (Fsp3) is 0.370. The molecule has 4 rings (SSSR count). The molecule has 11 heteroatoms. The molecule has 0 saturated carbocycles. The minimum Gasteiger partial charge on any atom is -0.344 e. The van der Waals surface area contributed by atoms with Gasteiger partial charge in [0.2, 0.25) is 5.91 Å². The van der Waals surface area contributed by atoms with Crippen molar-refractivity contribution in [1.29, 1.82) is 0 Å². The van der Waals surface area contributed by atoms with Crippen LogP contribution < -0.4 is 10.6 Å². The zero-order valence-corrected chi connectivity index (χ0v) is 22.1. The molecule has 2 atom stereocenters. The van der Waals surface area contributed by atoms with E-state index in [-0.39, 0.29) is 42.7 Å². The number of hydrogen-bond acceptors (Lipinski definition) is 7. The number of pyridine rings is 2. The maximum atomic E-state index is 13.3. The molecule has 2 N–H and O–H groups in total. The number of ketones is 1. The van der Waals surface area contributed by atoms with Gasteiger partial charge in [-0.2, -0.15) is 4.31 Å². The molecular weight excluding hydrogens is 506 g/mol. The molecule has 0 aliphatic carbocycles. The molecule has 200 valence electrons. The average molecular weight is 538 g/mol. The number of aromatic nitrogens is 2. The Labute approximate surface area is 221 Å². The van der Waals surface area contributed by atoms with Crippen molar-refractivity contribution in [3.8, 4) is 0 Å². The van der Waals surface area contributed by atoms with E-state index in [1.54, 1.807) is 48.8 Å². The molecule has 1 aliphatic rings. The normalized spacial score (nSPS) is 17.7. The Morgan fingerprint density at radius 2 is 1.89 bits per heavy atom. The third-order valence-corrected chi connectivity index (χ3v) is 8.27. The summed E-state index contributed by atoms with van der Waals surface area (Å²) in [6.07, 6.45) is 5.21. The van der Waals surface area contributed by atoms with Gasteiger partial charge < -0.3 is 10.6 Å². The van der Waals surface area contributed by atoms with Gasteiger partial charge in [-0.1, -0.05) is 26.0 Å². The number of carbonyl (C=O) groups excluding carboxylic acids is 3. The Bertz CT molecular complexity index is 1430. The average Bonchev–Trinajstić information content (AvgIpc) is 3.09. The highest BCUT2D eigenvalue weighted by Crippen LogP contribution is 2.19. The van der Waals surface area contributed by atoms with Gasteiger partial charge in [-0.25, -0.2) is 13.4 Å². The van der Waals surface area contributed by atoms with E-state index in [0.29, 0.717) is 12.0 Å². The Morgan fingerprint density at radius 3 is 2.63 bits per heavy atom. The van der Waals surface area contributed by atoms with Crippen molar-refractivity contribution in [2.45, 2.75) is 50.2 Å². The van der Waals surface area contributed by atoms with Gasteiger partial charge in [0.1, 0.15) is 6.04 Å². The number of Topliss-reactive ketones (excluding diaryl/α,β-unsaturated/α-hetero) is 1. The van der Waals surface area contributed by atoms with Crippen LogP contribution in [0.2, 0.25) is 0 Å². The van der Waals surface area contributed by atoms with E-state index in [1.165, 1.54) is 16.6 Å². The lowest BCUT2D eigenvalue weighted by atomic mass is 10.0. The fourth-order valence-electron chi connectivity index (χ4n) is 4.42. The van der Waals surface area contributed by atoms with E-state index < -0.39 is 33.9 Å². The molecule has 1 aliphatic heterocycles. The standard InChI is InChI=1S/C27H31N5O5S/c1-18(2)15-23(31-26(34)20-6-7-21-17-28-12-8-19(21)16-20)27(35)30-22-9-13-32(14-10-24(22)33)38(36,37)25-5-3-4-11-29-25/h3-8,11-12,16-18,22-23H,9-10,13-15H2,1-2H3,(H,30,35)(H,31,34)/t22-,23+/m1/s1. The summed E-state index contributed by atoms with van der Waals surface area (Å²) in [6.45, 7) is 3.94. The van der Waals surface area contributed by atoms with Gasteiger partial charge in [-0.15, -0.1) is 0 Å². The number of hydrogen-bond donors (Lipinski definition) is 2. The SMILES string of the molecule is CC(C)C[C@H](NC(=O)c1ccc2cnccc2c1)C(=O)N[C@@H]1CCN(S(=O)(=O)c2ccccn2)CCC1=O. The van der Waals surface area contributed by atoms with Crippen molar-refractivity contribution in [2.75, 3.05) is 13.1 Å². The zero-order chi connectivity index (χ0) is 27.3. The van der Waals surface area contributed by atoms with E-state index in [2.05, 4.69) is 20.6 Å². The molecule has 0 unspecified atom stereocenters. The van der Waals surface area contributed by atoms with Crippen LogP contribution in [0.1, 0.15) is 43.5 Å². The van der Waals surface area contributed by atoms with Crippen molar-refractivity contribution in [3.63, 3.8) is 0 Å². The fourth-order valence-corrected chi connectivity index (χ4v) is 5.81. The molecule has 0 spiro atoms. The number of rotatable bonds is 8. The quantitative estimate of drug-likeness (QED) is 0.450. The van der Waals surface area contributed by atoms with Crippen LogP contribution in [0.25, 0.3) is 10.8 Å². The number of amides is 2. The van der Waals surface area contributed by atoms with E-state index in [4.69, 9.17) is 0 Å². The van der Waals surface area contributed by atoms with Crippen LogP contribution in [0.4, 0.5) is 0 Å². The Kier molecular flexibility index (Phi) is 8.48. The second-order valence-electron chi connectivity index (χ2n) is 9.73. The monoisotopic (exact) mass is 537 g/mol. The molecule has 1 aromatic carbocycles. The molecule has 3 heterocycles. The number of benzene rings is 1. The summed E-state index contributed by atoms with van der Waals surface area (Å²) in [5.41, 5.74) is 0.408. The number of fused-ring (bicyclic) bond motifs is 1. The number of nitrogens with zero attached hydrogens (tertiary/aromatic N) is 3. The number of carbonyl (C=O) groups is 3. The van der Waals surface area contributed by atoms with Crippen molar-refractivity contribution in [3.05, 3.63) is 66.6 Å². The van der Waals surface area contributed by atoms with E-state index in [1.807, 2.05) is 13.8 Å². The summed E-state index contributed by atoms with van der Waals surface area (Å²) < 4.78 is 27.1. The van der Waals surface area contributed by atoms with Crippen LogP contribution in [-0.4, -0.2) is 65.5 Å². The molecule has 0 radical (unpaired) electrons.